The van der Waals surface area contributed by atoms with Crippen molar-refractivity contribution in [3.05, 3.63) is 57.4 Å². The lowest BCUT2D eigenvalue weighted by Gasteiger charge is -2.12. The molecule has 0 unspecified atom stereocenters. The zero-order valence-corrected chi connectivity index (χ0v) is 11.8. The smallest absolute Gasteiger partial charge is 0.352 e. The van der Waals surface area contributed by atoms with Gasteiger partial charge in [0, 0.05) is 12.3 Å². The Bertz CT molecular complexity index is 778. The Morgan fingerprint density at radius 2 is 2.05 bits per heavy atom. The maximum atomic E-state index is 11.6. The van der Waals surface area contributed by atoms with E-state index in [4.69, 9.17) is 5.11 Å². The molecule has 0 aliphatic heterocycles. The number of esters is 1. The van der Waals surface area contributed by atoms with Crippen molar-refractivity contribution in [2.45, 2.75) is 6.92 Å². The number of hydrogen-bond donors (Lipinski definition) is 1. The Morgan fingerprint density at radius 3 is 2.59 bits per heavy atom. The quantitative estimate of drug-likeness (QED) is 0.526. The molecule has 1 aromatic carbocycles. The number of aromatic carboxylic acids is 1. The summed E-state index contributed by atoms with van der Waals surface area (Å²) in [5.74, 6) is -1.92. The molecule has 8 heteroatoms. The summed E-state index contributed by atoms with van der Waals surface area (Å²) in [5, 5.41) is 20.5. The number of rotatable bonds is 4. The number of carboxylic acid groups (broad SMARTS) is 1. The van der Waals surface area contributed by atoms with Crippen molar-refractivity contribution in [2.75, 3.05) is 7.11 Å². The fraction of sp³-hybridized carbons (Fsp3) is 0.143. The van der Waals surface area contributed by atoms with Gasteiger partial charge in [-0.15, -0.1) is 0 Å². The van der Waals surface area contributed by atoms with E-state index in [1.165, 1.54) is 36.1 Å². The number of methoxy groups -OCH3 is 1. The Hall–Kier alpha value is -3.16. The number of carboxylic acids is 1. The fourth-order valence-corrected chi connectivity index (χ4v) is 2.20. The predicted molar refractivity (Wildman–Crippen MR) is 75.5 cm³/mol. The van der Waals surface area contributed by atoms with Crippen molar-refractivity contribution in [2.24, 2.45) is 0 Å². The SMILES string of the molecule is COC(=O)c1cc(C)c(-n2cccc2C(=O)O)c([N+](=O)[O-])c1. The van der Waals surface area contributed by atoms with Crippen molar-refractivity contribution in [3.63, 3.8) is 0 Å². The van der Waals surface area contributed by atoms with Crippen LogP contribution in [0, 0.1) is 17.0 Å². The van der Waals surface area contributed by atoms with Gasteiger partial charge >= 0.3 is 11.9 Å². The number of nitro benzene ring substituents is 1. The Kier molecular flexibility index (Phi) is 3.93. The minimum absolute atomic E-state index is 0.0273. The van der Waals surface area contributed by atoms with E-state index >= 15 is 0 Å². The molecule has 114 valence electrons. The largest absolute Gasteiger partial charge is 0.477 e. The van der Waals surface area contributed by atoms with Crippen molar-refractivity contribution in [1.29, 1.82) is 0 Å². The lowest BCUT2D eigenvalue weighted by molar-refractivity contribution is -0.384. The van der Waals surface area contributed by atoms with Gasteiger partial charge in [0.2, 0.25) is 0 Å². The second kappa shape index (κ2) is 5.68. The minimum atomic E-state index is -1.21. The van der Waals surface area contributed by atoms with Gasteiger partial charge < -0.3 is 14.4 Å². The van der Waals surface area contributed by atoms with Crippen LogP contribution in [0.4, 0.5) is 5.69 Å². The van der Waals surface area contributed by atoms with E-state index in [1.807, 2.05) is 0 Å². The molecule has 1 N–H and O–H groups in total. The van der Waals surface area contributed by atoms with Gasteiger partial charge in [0.25, 0.3) is 5.69 Å². The van der Waals surface area contributed by atoms with Crippen LogP contribution in [-0.4, -0.2) is 33.6 Å². The van der Waals surface area contributed by atoms with E-state index in [-0.39, 0.29) is 22.6 Å². The number of aromatic nitrogens is 1. The van der Waals surface area contributed by atoms with Crippen LogP contribution in [0.15, 0.2) is 30.5 Å². The van der Waals surface area contributed by atoms with Gasteiger partial charge in [-0.05, 0) is 30.7 Å². The highest BCUT2D eigenvalue weighted by atomic mass is 16.6. The normalized spacial score (nSPS) is 10.3. The van der Waals surface area contributed by atoms with Gasteiger partial charge in [-0.25, -0.2) is 9.59 Å². The average Bonchev–Trinajstić information content (AvgIpc) is 2.94. The molecule has 0 aliphatic carbocycles. The summed E-state index contributed by atoms with van der Waals surface area (Å²) in [6.45, 7) is 1.56. The number of hydrogen-bond acceptors (Lipinski definition) is 5. The molecule has 2 rings (SSSR count). The highest BCUT2D eigenvalue weighted by Gasteiger charge is 2.24. The van der Waals surface area contributed by atoms with E-state index in [1.54, 1.807) is 6.92 Å². The van der Waals surface area contributed by atoms with Crippen molar-refractivity contribution < 1.29 is 24.4 Å². The molecule has 1 heterocycles. The summed E-state index contributed by atoms with van der Waals surface area (Å²) in [4.78, 5) is 33.4. The second-order valence-electron chi connectivity index (χ2n) is 4.48. The van der Waals surface area contributed by atoms with Crippen LogP contribution in [-0.2, 0) is 4.74 Å². The van der Waals surface area contributed by atoms with Crippen LogP contribution in [0.5, 0.6) is 0 Å². The molecule has 1 aromatic heterocycles. The molecule has 0 atom stereocenters. The number of ether oxygens (including phenoxy) is 1. The summed E-state index contributed by atoms with van der Waals surface area (Å²) in [5.41, 5.74) is 0.0175. The maximum absolute atomic E-state index is 11.6. The topological polar surface area (TPSA) is 112 Å². The third kappa shape index (κ3) is 2.53. The summed E-state index contributed by atoms with van der Waals surface area (Å²) >= 11 is 0. The van der Waals surface area contributed by atoms with Crippen molar-refractivity contribution in [1.82, 2.24) is 4.57 Å². The second-order valence-corrected chi connectivity index (χ2v) is 4.48. The summed E-state index contributed by atoms with van der Waals surface area (Å²) in [6, 6.07) is 5.29. The number of aryl methyl sites for hydroxylation is 1. The molecular weight excluding hydrogens is 292 g/mol. The molecular formula is C14H12N2O6. The van der Waals surface area contributed by atoms with Gasteiger partial charge in [0.05, 0.1) is 17.6 Å². The van der Waals surface area contributed by atoms with Gasteiger partial charge in [0.1, 0.15) is 11.4 Å². The van der Waals surface area contributed by atoms with Gasteiger partial charge in [0.15, 0.2) is 0 Å². The Balaban J connectivity index is 2.75. The molecule has 8 nitrogen and oxygen atoms in total. The zero-order valence-electron chi connectivity index (χ0n) is 11.8. The highest BCUT2D eigenvalue weighted by molar-refractivity contribution is 5.92. The molecule has 0 amide bonds. The van der Waals surface area contributed by atoms with E-state index < -0.39 is 16.9 Å². The standard InChI is InChI=1S/C14H12N2O6/c1-8-6-9(14(19)22-2)7-11(16(20)21)12(8)15-5-3-4-10(15)13(17)18/h3-7H,1-2H3,(H,17,18). The minimum Gasteiger partial charge on any atom is -0.477 e. The Morgan fingerprint density at radius 1 is 1.36 bits per heavy atom. The average molecular weight is 304 g/mol. The van der Waals surface area contributed by atoms with E-state index in [0.29, 0.717) is 5.56 Å². The lowest BCUT2D eigenvalue weighted by Crippen LogP contribution is -2.11. The molecule has 2 aromatic rings. The molecule has 0 fully saturated rings. The van der Waals surface area contributed by atoms with Crippen LogP contribution >= 0.6 is 0 Å². The third-order valence-electron chi connectivity index (χ3n) is 3.11. The zero-order chi connectivity index (χ0) is 16.4. The van der Waals surface area contributed by atoms with E-state index in [9.17, 15) is 19.7 Å². The van der Waals surface area contributed by atoms with Crippen LogP contribution in [0.1, 0.15) is 26.4 Å². The first-order chi connectivity index (χ1) is 10.4. The van der Waals surface area contributed by atoms with Gasteiger partial charge in [-0.1, -0.05) is 0 Å². The number of nitro groups is 1. The van der Waals surface area contributed by atoms with Crippen LogP contribution in [0.2, 0.25) is 0 Å². The summed E-state index contributed by atoms with van der Waals surface area (Å²) in [6.07, 6.45) is 1.41. The van der Waals surface area contributed by atoms with Crippen LogP contribution in [0.25, 0.3) is 5.69 Å². The molecule has 22 heavy (non-hydrogen) atoms. The van der Waals surface area contributed by atoms with Crippen molar-refractivity contribution in [3.8, 4) is 5.69 Å². The summed E-state index contributed by atoms with van der Waals surface area (Å²) in [7, 11) is 1.17. The molecule has 0 bridgehead atoms. The summed E-state index contributed by atoms with van der Waals surface area (Å²) < 4.78 is 5.76. The Labute approximate surface area is 124 Å². The number of carbonyl (C=O) groups is 2. The predicted octanol–water partition coefficient (Wildman–Crippen LogP) is 2.18. The molecule has 0 radical (unpaired) electrons. The monoisotopic (exact) mass is 304 g/mol. The first kappa shape index (κ1) is 15.2. The number of benzene rings is 1. The van der Waals surface area contributed by atoms with Crippen LogP contribution < -0.4 is 0 Å². The van der Waals surface area contributed by atoms with Gasteiger partial charge in [-0.3, -0.25) is 10.1 Å². The number of nitrogens with zero attached hydrogens (tertiary/aromatic N) is 2. The number of carbonyl (C=O) groups excluding carboxylic acids is 1. The third-order valence-corrected chi connectivity index (χ3v) is 3.11. The highest BCUT2D eigenvalue weighted by Crippen LogP contribution is 2.30. The molecule has 0 aliphatic rings. The van der Waals surface area contributed by atoms with Crippen LogP contribution in [0.3, 0.4) is 0 Å². The van der Waals surface area contributed by atoms with Crippen molar-refractivity contribution >= 4 is 17.6 Å². The first-order valence-electron chi connectivity index (χ1n) is 6.15. The first-order valence-corrected chi connectivity index (χ1v) is 6.15. The maximum Gasteiger partial charge on any atom is 0.352 e. The van der Waals surface area contributed by atoms with E-state index in [0.717, 1.165) is 6.07 Å². The fourth-order valence-electron chi connectivity index (χ4n) is 2.20. The molecule has 0 spiro atoms. The lowest BCUT2D eigenvalue weighted by atomic mass is 10.1. The van der Waals surface area contributed by atoms with Gasteiger partial charge in [-0.2, -0.15) is 0 Å². The van der Waals surface area contributed by atoms with E-state index in [2.05, 4.69) is 4.74 Å². The molecule has 0 saturated carbocycles. The molecule has 0 saturated heterocycles.